The van der Waals surface area contributed by atoms with Crippen LogP contribution in [0.5, 0.6) is 0 Å². The second kappa shape index (κ2) is 3.97. The topological polar surface area (TPSA) is 12.5 Å². The van der Waals surface area contributed by atoms with Crippen LogP contribution in [-0.2, 0) is 17.6 Å². The van der Waals surface area contributed by atoms with Crippen LogP contribution in [0.1, 0.15) is 31.9 Å². The molecule has 15 heavy (non-hydrogen) atoms. The van der Waals surface area contributed by atoms with Crippen molar-refractivity contribution in [2.24, 2.45) is 5.41 Å². The molecule has 1 aliphatic heterocycles. The van der Waals surface area contributed by atoms with Gasteiger partial charge in [-0.3, -0.25) is 0 Å². The van der Waals surface area contributed by atoms with E-state index in [0.717, 1.165) is 19.4 Å². The Labute approximate surface area is 92.5 Å². The lowest BCUT2D eigenvalue weighted by Gasteiger charge is -2.18. The fraction of sp³-hybridized carbons (Fsp3) is 0.571. The third-order valence-corrected chi connectivity index (χ3v) is 2.59. The van der Waals surface area contributed by atoms with Gasteiger partial charge in [-0.25, -0.2) is 0 Å². The Bertz CT molecular complexity index is 331. The van der Waals surface area contributed by atoms with E-state index in [1.54, 1.807) is 0 Å². The molecule has 82 valence electrons. The Morgan fingerprint density at radius 3 is 2.53 bits per heavy atom. The van der Waals surface area contributed by atoms with Gasteiger partial charge in [0.15, 0.2) is 0 Å². The maximum absolute atomic E-state index is 5.25. The fourth-order valence-corrected chi connectivity index (χ4v) is 1.93. The van der Waals surface area contributed by atoms with Crippen LogP contribution >= 0.6 is 0 Å². The molecule has 1 aromatic rings. The van der Waals surface area contributed by atoms with E-state index in [9.17, 15) is 0 Å². The Morgan fingerprint density at radius 1 is 1.27 bits per heavy atom. The number of hydrogen-bond acceptors (Lipinski definition) is 1. The van der Waals surface area contributed by atoms with Gasteiger partial charge in [-0.1, -0.05) is 45.0 Å². The summed E-state index contributed by atoms with van der Waals surface area (Å²) < 4.78 is 5.25. The summed E-state index contributed by atoms with van der Waals surface area (Å²) in [5, 5.41) is 0. The molecule has 0 aliphatic carbocycles. The van der Waals surface area contributed by atoms with E-state index in [-0.39, 0.29) is 0 Å². The van der Waals surface area contributed by atoms with Crippen molar-refractivity contribution >= 4 is 0 Å². The molecule has 1 fully saturated rings. The van der Waals surface area contributed by atoms with Crippen molar-refractivity contribution in [3.8, 4) is 0 Å². The molecule has 1 saturated heterocycles. The lowest BCUT2D eigenvalue weighted by molar-refractivity contribution is 0.406. The highest BCUT2D eigenvalue weighted by Gasteiger charge is 2.22. The van der Waals surface area contributed by atoms with Gasteiger partial charge in [0.2, 0.25) is 0 Å². The molecule has 1 heterocycles. The van der Waals surface area contributed by atoms with Gasteiger partial charge >= 0.3 is 0 Å². The third kappa shape index (κ3) is 3.67. The van der Waals surface area contributed by atoms with Gasteiger partial charge in [0.25, 0.3) is 0 Å². The fourth-order valence-electron chi connectivity index (χ4n) is 1.93. The van der Waals surface area contributed by atoms with E-state index in [1.165, 1.54) is 11.1 Å². The monoisotopic (exact) mass is 204 g/mol. The molecule has 1 aromatic carbocycles. The van der Waals surface area contributed by atoms with Crippen molar-refractivity contribution in [1.29, 1.82) is 0 Å². The van der Waals surface area contributed by atoms with E-state index in [2.05, 4.69) is 45.0 Å². The third-order valence-electron chi connectivity index (χ3n) is 2.59. The quantitative estimate of drug-likeness (QED) is 0.689. The van der Waals surface area contributed by atoms with Crippen LogP contribution in [0.2, 0.25) is 0 Å². The number of ether oxygens (including phenoxy) is 1. The number of rotatable bonds is 3. The lowest BCUT2D eigenvalue weighted by Crippen LogP contribution is -2.09. The minimum absolute atomic E-state index is 0.370. The van der Waals surface area contributed by atoms with Gasteiger partial charge in [-0.05, 0) is 23.0 Å². The van der Waals surface area contributed by atoms with E-state index < -0.39 is 0 Å². The van der Waals surface area contributed by atoms with Gasteiger partial charge in [-0.2, -0.15) is 0 Å². The lowest BCUT2D eigenvalue weighted by atomic mass is 9.87. The van der Waals surface area contributed by atoms with Gasteiger partial charge in [0.1, 0.15) is 0 Å². The summed E-state index contributed by atoms with van der Waals surface area (Å²) >= 11 is 0. The highest BCUT2D eigenvalue weighted by atomic mass is 16.6. The van der Waals surface area contributed by atoms with Crippen LogP contribution in [0.3, 0.4) is 0 Å². The first-order valence-corrected chi connectivity index (χ1v) is 5.72. The molecule has 1 unspecified atom stereocenters. The molecule has 0 amide bonds. The average Bonchev–Trinajstić information content (AvgIpc) is 2.85. The smallest absolute Gasteiger partial charge is 0.0850 e. The summed E-state index contributed by atoms with van der Waals surface area (Å²) in [7, 11) is 0. The molecular formula is C14H20O. The zero-order valence-electron chi connectivity index (χ0n) is 9.92. The molecule has 0 aromatic heterocycles. The Balaban J connectivity index is 2.04. The summed E-state index contributed by atoms with van der Waals surface area (Å²) in [5.41, 5.74) is 3.23. The van der Waals surface area contributed by atoms with E-state index in [0.29, 0.717) is 11.5 Å². The van der Waals surface area contributed by atoms with Crippen LogP contribution in [-0.4, -0.2) is 12.7 Å². The first-order chi connectivity index (χ1) is 7.03. The van der Waals surface area contributed by atoms with Crippen LogP contribution in [0.4, 0.5) is 0 Å². The first-order valence-electron chi connectivity index (χ1n) is 5.72. The highest BCUT2D eigenvalue weighted by Crippen LogP contribution is 2.22. The van der Waals surface area contributed by atoms with Gasteiger partial charge in [-0.15, -0.1) is 0 Å². The van der Waals surface area contributed by atoms with Gasteiger partial charge in [0, 0.05) is 6.42 Å². The van der Waals surface area contributed by atoms with Crippen LogP contribution in [0.15, 0.2) is 24.3 Å². The first kappa shape index (κ1) is 10.7. The molecule has 1 heteroatoms. The standard InChI is InChI=1S/C14H20O/c1-14(2,3)9-12-6-4-5-11(7-12)8-13-10-15-13/h4-7,13H,8-10H2,1-3H3. The molecule has 0 saturated carbocycles. The molecule has 0 N–H and O–H groups in total. The molecule has 2 rings (SSSR count). The predicted octanol–water partition coefficient (Wildman–Crippen LogP) is 3.22. The summed E-state index contributed by atoms with van der Waals surface area (Å²) in [6, 6.07) is 8.92. The number of epoxide rings is 1. The maximum Gasteiger partial charge on any atom is 0.0850 e. The summed E-state index contributed by atoms with van der Waals surface area (Å²) in [6.07, 6.45) is 2.72. The summed E-state index contributed by atoms with van der Waals surface area (Å²) in [6.45, 7) is 7.79. The van der Waals surface area contributed by atoms with Crippen molar-refractivity contribution in [2.45, 2.75) is 39.7 Å². The summed E-state index contributed by atoms with van der Waals surface area (Å²) in [5.74, 6) is 0. The average molecular weight is 204 g/mol. The minimum atomic E-state index is 0.370. The molecular weight excluding hydrogens is 184 g/mol. The molecule has 1 atom stereocenters. The van der Waals surface area contributed by atoms with Crippen molar-refractivity contribution in [3.05, 3.63) is 35.4 Å². The zero-order valence-corrected chi connectivity index (χ0v) is 9.92. The second-order valence-corrected chi connectivity index (χ2v) is 5.72. The highest BCUT2D eigenvalue weighted by molar-refractivity contribution is 5.25. The number of benzene rings is 1. The van der Waals surface area contributed by atoms with Crippen molar-refractivity contribution in [2.75, 3.05) is 6.61 Å². The SMILES string of the molecule is CC(C)(C)Cc1cccc(CC2CO2)c1. The number of hydrogen-bond donors (Lipinski definition) is 0. The van der Waals surface area contributed by atoms with E-state index in [1.807, 2.05) is 0 Å². The molecule has 0 bridgehead atoms. The second-order valence-electron chi connectivity index (χ2n) is 5.72. The Kier molecular flexibility index (Phi) is 2.83. The predicted molar refractivity (Wildman–Crippen MR) is 63.0 cm³/mol. The van der Waals surface area contributed by atoms with Gasteiger partial charge < -0.3 is 4.74 Å². The van der Waals surface area contributed by atoms with Gasteiger partial charge in [0.05, 0.1) is 12.7 Å². The molecule has 0 radical (unpaired) electrons. The van der Waals surface area contributed by atoms with Crippen LogP contribution in [0.25, 0.3) is 0 Å². The van der Waals surface area contributed by atoms with E-state index in [4.69, 9.17) is 4.74 Å². The van der Waals surface area contributed by atoms with Crippen molar-refractivity contribution < 1.29 is 4.74 Å². The van der Waals surface area contributed by atoms with Crippen LogP contribution < -0.4 is 0 Å². The Hall–Kier alpha value is -0.820. The van der Waals surface area contributed by atoms with Crippen molar-refractivity contribution in [1.82, 2.24) is 0 Å². The normalized spacial score (nSPS) is 20.3. The minimum Gasteiger partial charge on any atom is -0.373 e. The zero-order chi connectivity index (χ0) is 10.9. The van der Waals surface area contributed by atoms with E-state index >= 15 is 0 Å². The maximum atomic E-state index is 5.25. The Morgan fingerprint density at radius 2 is 1.93 bits per heavy atom. The molecule has 1 aliphatic rings. The summed E-state index contributed by atoms with van der Waals surface area (Å²) in [4.78, 5) is 0. The molecule has 0 spiro atoms. The van der Waals surface area contributed by atoms with Crippen LogP contribution in [0, 0.1) is 5.41 Å². The molecule has 1 nitrogen and oxygen atoms in total. The largest absolute Gasteiger partial charge is 0.373 e. The van der Waals surface area contributed by atoms with Crippen molar-refractivity contribution in [3.63, 3.8) is 0 Å².